The van der Waals surface area contributed by atoms with Crippen LogP contribution >= 0.6 is 11.8 Å². The average Bonchev–Trinajstić information content (AvgIpc) is 2.60. The Balaban J connectivity index is 5.22. The van der Waals surface area contributed by atoms with Crippen molar-refractivity contribution in [2.24, 2.45) is 11.7 Å². The van der Waals surface area contributed by atoms with Gasteiger partial charge in [0.25, 0.3) is 0 Å². The van der Waals surface area contributed by atoms with Crippen molar-refractivity contribution in [1.82, 2.24) is 16.0 Å². The molecule has 10 nitrogen and oxygen atoms in total. The molecule has 0 aromatic rings. The van der Waals surface area contributed by atoms with Crippen molar-refractivity contribution in [3.8, 4) is 0 Å². The minimum Gasteiger partial charge on any atom is -0.480 e. The van der Waals surface area contributed by atoms with E-state index in [1.807, 2.05) is 20.1 Å². The first-order valence-corrected chi connectivity index (χ1v) is 10.4. The fraction of sp³-hybridized carbons (Fsp3) is 0.765. The molecule has 4 atom stereocenters. The number of nitrogens with one attached hydrogen (secondary N) is 3. The third-order valence-corrected chi connectivity index (χ3v) is 4.48. The van der Waals surface area contributed by atoms with Gasteiger partial charge in [-0.25, -0.2) is 4.79 Å². The molecule has 0 aliphatic rings. The molecule has 7 N–H and O–H groups in total. The molecular weight excluding hydrogens is 388 g/mol. The van der Waals surface area contributed by atoms with Crippen LogP contribution in [0.4, 0.5) is 0 Å². The van der Waals surface area contributed by atoms with Crippen molar-refractivity contribution >= 4 is 35.5 Å². The summed E-state index contributed by atoms with van der Waals surface area (Å²) >= 11 is 1.47. The summed E-state index contributed by atoms with van der Waals surface area (Å²) in [4.78, 5) is 47.9. The minimum atomic E-state index is -1.37. The van der Waals surface area contributed by atoms with Crippen molar-refractivity contribution in [3.05, 3.63) is 0 Å². The van der Waals surface area contributed by atoms with Gasteiger partial charge in [0.1, 0.15) is 18.1 Å². The van der Waals surface area contributed by atoms with Crippen molar-refractivity contribution < 1.29 is 29.4 Å². The van der Waals surface area contributed by atoms with Gasteiger partial charge in [0.15, 0.2) is 0 Å². The highest BCUT2D eigenvalue weighted by atomic mass is 32.2. The van der Waals surface area contributed by atoms with Crippen LogP contribution in [0.1, 0.15) is 33.6 Å². The van der Waals surface area contributed by atoms with Gasteiger partial charge in [0.05, 0.1) is 12.6 Å². The number of carboxylic acid groups (broad SMARTS) is 1. The van der Waals surface area contributed by atoms with Gasteiger partial charge in [-0.2, -0.15) is 11.8 Å². The smallest absolute Gasteiger partial charge is 0.326 e. The molecule has 28 heavy (non-hydrogen) atoms. The maximum Gasteiger partial charge on any atom is 0.326 e. The third kappa shape index (κ3) is 9.90. The number of hydrogen-bond donors (Lipinski definition) is 6. The van der Waals surface area contributed by atoms with Gasteiger partial charge >= 0.3 is 5.97 Å². The van der Waals surface area contributed by atoms with Crippen LogP contribution in [0.25, 0.3) is 0 Å². The van der Waals surface area contributed by atoms with Crippen LogP contribution in [-0.4, -0.2) is 76.7 Å². The largest absolute Gasteiger partial charge is 0.480 e. The number of aliphatic hydroxyl groups is 1. The van der Waals surface area contributed by atoms with E-state index in [4.69, 9.17) is 5.73 Å². The number of amides is 3. The topological polar surface area (TPSA) is 171 Å². The molecule has 0 fully saturated rings. The number of carbonyl (C=O) groups is 4. The van der Waals surface area contributed by atoms with E-state index in [0.717, 1.165) is 0 Å². The lowest BCUT2D eigenvalue weighted by Gasteiger charge is -2.26. The molecule has 0 heterocycles. The first-order chi connectivity index (χ1) is 13.0. The van der Waals surface area contributed by atoms with Crippen molar-refractivity contribution in [1.29, 1.82) is 0 Å². The lowest BCUT2D eigenvalue weighted by Crippen LogP contribution is -2.59. The third-order valence-electron chi connectivity index (χ3n) is 3.83. The Morgan fingerprint density at radius 1 is 1.00 bits per heavy atom. The molecule has 0 saturated carbocycles. The van der Waals surface area contributed by atoms with Gasteiger partial charge in [0.2, 0.25) is 17.7 Å². The molecule has 0 rings (SSSR count). The van der Waals surface area contributed by atoms with E-state index < -0.39 is 47.9 Å². The number of aliphatic hydroxyl groups excluding tert-OH is 1. The van der Waals surface area contributed by atoms with Gasteiger partial charge in [0, 0.05) is 0 Å². The van der Waals surface area contributed by atoms with Crippen LogP contribution in [0.15, 0.2) is 0 Å². The summed E-state index contributed by atoms with van der Waals surface area (Å²) in [6.45, 7) is 4.63. The lowest BCUT2D eigenvalue weighted by molar-refractivity contribution is -0.143. The summed E-state index contributed by atoms with van der Waals surface area (Å²) in [5.41, 5.74) is 5.26. The number of hydrogen-bond acceptors (Lipinski definition) is 7. The molecule has 11 heteroatoms. The van der Waals surface area contributed by atoms with Crippen LogP contribution in [0, 0.1) is 5.92 Å². The fourth-order valence-electron chi connectivity index (χ4n) is 2.37. The Kier molecular flexibility index (Phi) is 12.5. The van der Waals surface area contributed by atoms with Crippen LogP contribution in [0.3, 0.4) is 0 Å². The summed E-state index contributed by atoms with van der Waals surface area (Å²) in [5, 5.41) is 26.4. The van der Waals surface area contributed by atoms with Gasteiger partial charge in [-0.05, 0) is 37.7 Å². The van der Waals surface area contributed by atoms with E-state index in [1.165, 1.54) is 18.7 Å². The second-order valence-electron chi connectivity index (χ2n) is 6.86. The SMILES string of the molecule is CSCCC(NC(=O)CN)C(=O)NC(C(=O)NC(CC(C)C)C(=O)O)C(C)O. The average molecular weight is 421 g/mol. The number of rotatable bonds is 13. The van der Waals surface area contributed by atoms with Crippen molar-refractivity contribution in [2.75, 3.05) is 18.6 Å². The Bertz CT molecular complexity index is 544. The first kappa shape index (κ1) is 26.1. The van der Waals surface area contributed by atoms with E-state index in [1.54, 1.807) is 0 Å². The zero-order chi connectivity index (χ0) is 21.9. The molecule has 0 bridgehead atoms. The predicted octanol–water partition coefficient (Wildman–Crippen LogP) is -1.34. The summed E-state index contributed by atoms with van der Waals surface area (Å²) in [7, 11) is 0. The zero-order valence-electron chi connectivity index (χ0n) is 16.7. The summed E-state index contributed by atoms with van der Waals surface area (Å²) in [6, 6.07) is -3.44. The highest BCUT2D eigenvalue weighted by molar-refractivity contribution is 7.98. The predicted molar refractivity (Wildman–Crippen MR) is 107 cm³/mol. The number of thioether (sulfide) groups is 1. The number of carboxylic acids is 1. The zero-order valence-corrected chi connectivity index (χ0v) is 17.5. The van der Waals surface area contributed by atoms with E-state index in [0.29, 0.717) is 12.2 Å². The maximum atomic E-state index is 12.5. The second-order valence-corrected chi connectivity index (χ2v) is 7.85. The molecule has 3 amide bonds. The molecule has 4 unspecified atom stereocenters. The van der Waals surface area contributed by atoms with Gasteiger partial charge in [-0.1, -0.05) is 13.8 Å². The highest BCUT2D eigenvalue weighted by Crippen LogP contribution is 2.07. The summed E-state index contributed by atoms with van der Waals surface area (Å²) in [6.07, 6.45) is 1.07. The number of nitrogens with two attached hydrogens (primary N) is 1. The molecule has 162 valence electrons. The molecule has 0 aromatic carbocycles. The molecule has 0 aliphatic carbocycles. The normalized spacial score (nSPS) is 15.2. The molecular formula is C17H32N4O6S. The highest BCUT2D eigenvalue weighted by Gasteiger charge is 2.32. The van der Waals surface area contributed by atoms with E-state index >= 15 is 0 Å². The number of aliphatic carboxylic acids is 1. The minimum absolute atomic E-state index is 0.0170. The van der Waals surface area contributed by atoms with Crippen molar-refractivity contribution in [2.45, 2.75) is 57.8 Å². The Morgan fingerprint density at radius 2 is 1.61 bits per heavy atom. The van der Waals surface area contributed by atoms with Gasteiger partial charge in [-0.15, -0.1) is 0 Å². The second kappa shape index (κ2) is 13.3. The quantitative estimate of drug-likeness (QED) is 0.213. The molecule has 0 radical (unpaired) electrons. The molecule has 0 saturated heterocycles. The standard InChI is InChI=1S/C17H32N4O6S/c1-9(2)7-12(17(26)27)20-16(25)14(10(3)22)21-15(24)11(5-6-28-4)19-13(23)8-18/h9-12,14,22H,5-8,18H2,1-4H3,(H,19,23)(H,20,25)(H,21,24)(H,26,27). The monoisotopic (exact) mass is 420 g/mol. The van der Waals surface area contributed by atoms with Gasteiger partial charge in [-0.3, -0.25) is 14.4 Å². The van der Waals surface area contributed by atoms with Crippen LogP contribution in [0.5, 0.6) is 0 Å². The fourth-order valence-corrected chi connectivity index (χ4v) is 2.84. The molecule has 0 aromatic heterocycles. The molecule has 0 spiro atoms. The maximum absolute atomic E-state index is 12.5. The first-order valence-electron chi connectivity index (χ1n) is 9.03. The number of carbonyl (C=O) groups excluding carboxylic acids is 3. The summed E-state index contributed by atoms with van der Waals surface area (Å²) < 4.78 is 0. The van der Waals surface area contributed by atoms with Gasteiger partial charge < -0.3 is 31.9 Å². The molecule has 0 aliphatic heterocycles. The van der Waals surface area contributed by atoms with E-state index in [9.17, 15) is 29.4 Å². The Hall–Kier alpha value is -1.85. The van der Waals surface area contributed by atoms with Crippen LogP contribution in [-0.2, 0) is 19.2 Å². The lowest BCUT2D eigenvalue weighted by atomic mass is 10.0. The van der Waals surface area contributed by atoms with Crippen molar-refractivity contribution in [3.63, 3.8) is 0 Å². The van der Waals surface area contributed by atoms with E-state index in [2.05, 4.69) is 16.0 Å². The van der Waals surface area contributed by atoms with Crippen LogP contribution < -0.4 is 21.7 Å². The Morgan fingerprint density at radius 3 is 2.04 bits per heavy atom. The summed E-state index contributed by atoms with van der Waals surface area (Å²) in [5.74, 6) is -2.61. The van der Waals surface area contributed by atoms with E-state index in [-0.39, 0.29) is 18.9 Å². The van der Waals surface area contributed by atoms with Crippen LogP contribution in [0.2, 0.25) is 0 Å². The Labute approximate surface area is 169 Å².